The number of rotatable bonds is 3. The fraction of sp³-hybridized carbons (Fsp3) is 0.350. The number of likely N-dealkylation sites (tertiary alicyclic amines) is 1. The Kier molecular flexibility index (Phi) is 4.11. The second-order valence-electron chi connectivity index (χ2n) is 7.35. The third-order valence-electron chi connectivity index (χ3n) is 5.04. The van der Waals surface area contributed by atoms with E-state index in [0.717, 1.165) is 5.56 Å². The molecule has 0 bridgehead atoms. The molecule has 2 aromatic rings. The first-order chi connectivity index (χ1) is 12.8. The molecule has 0 N–H and O–H groups in total. The maximum atomic E-state index is 13.1. The molecule has 0 saturated carbocycles. The van der Waals surface area contributed by atoms with Gasteiger partial charge >= 0.3 is 5.97 Å². The molecule has 1 aromatic carbocycles. The highest BCUT2D eigenvalue weighted by Crippen LogP contribution is 2.43. The van der Waals surface area contributed by atoms with Gasteiger partial charge in [0.05, 0.1) is 12.1 Å². The predicted octanol–water partition coefficient (Wildman–Crippen LogP) is 3.19. The van der Waals surface area contributed by atoms with Crippen molar-refractivity contribution in [2.75, 3.05) is 13.1 Å². The molecule has 140 valence electrons. The molecule has 4 rings (SSSR count). The summed E-state index contributed by atoms with van der Waals surface area (Å²) in [7, 11) is 0. The van der Waals surface area contributed by atoms with Gasteiger partial charge in [-0.3, -0.25) is 9.78 Å². The minimum atomic E-state index is -1.07. The Morgan fingerprint density at radius 2 is 2.04 bits per heavy atom. The van der Waals surface area contributed by atoms with Crippen LogP contribution in [0, 0.1) is 0 Å². The normalized spacial score (nSPS) is 21.3. The van der Waals surface area contributed by atoms with Gasteiger partial charge in [0, 0.05) is 35.9 Å². The fourth-order valence-corrected chi connectivity index (χ4v) is 3.85. The molecule has 1 aromatic heterocycles. The number of hydrogen-bond donors (Lipinski definition) is 0. The van der Waals surface area contributed by atoms with Crippen LogP contribution >= 0.6 is 11.6 Å². The van der Waals surface area contributed by atoms with E-state index in [9.17, 15) is 9.59 Å². The molecule has 1 atom stereocenters. The molecule has 0 unspecified atom stereocenters. The van der Waals surface area contributed by atoms with Crippen LogP contribution in [0.4, 0.5) is 0 Å². The van der Waals surface area contributed by atoms with Gasteiger partial charge in [-0.25, -0.2) is 4.79 Å². The SMILES string of the molecule is CC(C)(Oc1ccc(Cl)cc1)C(=O)N1CC[C@@]2(C1)OC(=O)c1cnccc12. The van der Waals surface area contributed by atoms with Crippen LogP contribution in [0.15, 0.2) is 42.7 Å². The maximum absolute atomic E-state index is 13.1. The summed E-state index contributed by atoms with van der Waals surface area (Å²) in [6, 6.07) is 8.68. The van der Waals surface area contributed by atoms with E-state index in [1.807, 2.05) is 0 Å². The summed E-state index contributed by atoms with van der Waals surface area (Å²) in [6.07, 6.45) is 3.71. The summed E-state index contributed by atoms with van der Waals surface area (Å²) < 4.78 is 11.6. The summed E-state index contributed by atoms with van der Waals surface area (Å²) in [6.45, 7) is 4.25. The van der Waals surface area contributed by atoms with Gasteiger partial charge < -0.3 is 14.4 Å². The number of carbonyl (C=O) groups is 2. The quantitative estimate of drug-likeness (QED) is 0.758. The highest BCUT2D eigenvalue weighted by molar-refractivity contribution is 6.30. The first kappa shape index (κ1) is 17.8. The van der Waals surface area contributed by atoms with Gasteiger partial charge in [-0.15, -0.1) is 0 Å². The fourth-order valence-electron chi connectivity index (χ4n) is 3.72. The molecule has 1 spiro atoms. The molecule has 0 radical (unpaired) electrons. The topological polar surface area (TPSA) is 68.7 Å². The second kappa shape index (κ2) is 6.23. The van der Waals surface area contributed by atoms with E-state index >= 15 is 0 Å². The van der Waals surface area contributed by atoms with Crippen LogP contribution in [0.3, 0.4) is 0 Å². The van der Waals surface area contributed by atoms with Gasteiger partial charge in [0.15, 0.2) is 11.2 Å². The van der Waals surface area contributed by atoms with Crippen molar-refractivity contribution in [3.05, 3.63) is 58.9 Å². The minimum Gasteiger partial charge on any atom is -0.478 e. The number of benzene rings is 1. The van der Waals surface area contributed by atoms with Crippen LogP contribution in [0.5, 0.6) is 5.75 Å². The molecular weight excluding hydrogens is 368 g/mol. The number of pyridine rings is 1. The highest BCUT2D eigenvalue weighted by Gasteiger charge is 2.52. The minimum absolute atomic E-state index is 0.159. The van der Waals surface area contributed by atoms with Crippen molar-refractivity contribution in [3.63, 3.8) is 0 Å². The zero-order valence-electron chi connectivity index (χ0n) is 15.1. The number of hydrogen-bond acceptors (Lipinski definition) is 5. The lowest BCUT2D eigenvalue weighted by Gasteiger charge is -2.31. The molecule has 1 saturated heterocycles. The predicted molar refractivity (Wildman–Crippen MR) is 98.7 cm³/mol. The van der Waals surface area contributed by atoms with E-state index in [4.69, 9.17) is 21.1 Å². The Morgan fingerprint density at radius 1 is 1.30 bits per heavy atom. The van der Waals surface area contributed by atoms with Crippen LogP contribution < -0.4 is 4.74 Å². The van der Waals surface area contributed by atoms with Gasteiger partial charge in [-0.05, 0) is 44.2 Å². The van der Waals surface area contributed by atoms with Crippen molar-refractivity contribution in [1.82, 2.24) is 9.88 Å². The zero-order valence-corrected chi connectivity index (χ0v) is 15.8. The molecule has 1 amide bonds. The molecule has 2 aliphatic heterocycles. The lowest BCUT2D eigenvalue weighted by molar-refractivity contribution is -0.145. The van der Waals surface area contributed by atoms with E-state index in [2.05, 4.69) is 4.98 Å². The largest absolute Gasteiger partial charge is 0.478 e. The third kappa shape index (κ3) is 3.04. The van der Waals surface area contributed by atoms with Crippen LogP contribution in [-0.2, 0) is 15.1 Å². The molecule has 3 heterocycles. The Hall–Kier alpha value is -2.60. The van der Waals surface area contributed by atoms with E-state index in [1.54, 1.807) is 55.3 Å². The van der Waals surface area contributed by atoms with Crippen molar-refractivity contribution in [3.8, 4) is 5.75 Å². The van der Waals surface area contributed by atoms with Crippen LogP contribution in [-0.4, -0.2) is 40.5 Å². The number of halogens is 1. The summed E-state index contributed by atoms with van der Waals surface area (Å²) in [5, 5.41) is 0.601. The molecule has 0 aliphatic carbocycles. The van der Waals surface area contributed by atoms with E-state index in [-0.39, 0.29) is 11.9 Å². The average molecular weight is 387 g/mol. The Bertz CT molecular complexity index is 912. The molecule has 27 heavy (non-hydrogen) atoms. The van der Waals surface area contributed by atoms with Crippen LogP contribution in [0.25, 0.3) is 0 Å². The second-order valence-corrected chi connectivity index (χ2v) is 7.78. The monoisotopic (exact) mass is 386 g/mol. The standard InChI is InChI=1S/C20H19ClN2O4/c1-19(2,26-14-5-3-13(21)4-6-14)18(25)23-10-8-20(12-23)16-7-9-22-11-15(16)17(24)27-20/h3-7,9,11H,8,10,12H2,1-2H3/t20-/m0/s1. The summed E-state index contributed by atoms with van der Waals surface area (Å²) in [4.78, 5) is 31.0. The number of esters is 1. The van der Waals surface area contributed by atoms with Crippen molar-refractivity contribution in [2.24, 2.45) is 0 Å². The van der Waals surface area contributed by atoms with E-state index in [1.165, 1.54) is 6.20 Å². The van der Waals surface area contributed by atoms with Crippen molar-refractivity contribution in [2.45, 2.75) is 31.5 Å². The Morgan fingerprint density at radius 3 is 2.78 bits per heavy atom. The lowest BCUT2D eigenvalue weighted by Crippen LogP contribution is -2.49. The summed E-state index contributed by atoms with van der Waals surface area (Å²) in [5.74, 6) is 0.0207. The molecular formula is C20H19ClN2O4. The number of nitrogens with zero attached hydrogens (tertiary/aromatic N) is 2. The maximum Gasteiger partial charge on any atom is 0.341 e. The molecule has 7 heteroatoms. The molecule has 6 nitrogen and oxygen atoms in total. The van der Waals surface area contributed by atoms with Gasteiger partial charge in [-0.1, -0.05) is 11.6 Å². The summed E-state index contributed by atoms with van der Waals surface area (Å²) >= 11 is 5.89. The lowest BCUT2D eigenvalue weighted by atomic mass is 9.93. The van der Waals surface area contributed by atoms with Crippen molar-refractivity contribution < 1.29 is 19.1 Å². The summed E-state index contributed by atoms with van der Waals surface area (Å²) in [5.41, 5.74) is -0.581. The van der Waals surface area contributed by atoms with Crippen LogP contribution in [0.2, 0.25) is 5.02 Å². The van der Waals surface area contributed by atoms with E-state index < -0.39 is 11.2 Å². The van der Waals surface area contributed by atoms with Crippen LogP contribution in [0.1, 0.15) is 36.2 Å². The smallest absolute Gasteiger partial charge is 0.341 e. The van der Waals surface area contributed by atoms with Gasteiger partial charge in [0.25, 0.3) is 5.91 Å². The number of carbonyl (C=O) groups excluding carboxylic acids is 2. The van der Waals surface area contributed by atoms with Crippen molar-refractivity contribution >= 4 is 23.5 Å². The average Bonchev–Trinajstić information content (AvgIpc) is 3.19. The molecule has 2 aliphatic rings. The zero-order chi connectivity index (χ0) is 19.2. The molecule has 1 fully saturated rings. The number of aromatic nitrogens is 1. The third-order valence-corrected chi connectivity index (χ3v) is 5.29. The number of ether oxygens (including phenoxy) is 2. The van der Waals surface area contributed by atoms with Gasteiger partial charge in [0.1, 0.15) is 5.75 Å². The number of amides is 1. The van der Waals surface area contributed by atoms with Gasteiger partial charge in [0.2, 0.25) is 0 Å². The highest BCUT2D eigenvalue weighted by atomic mass is 35.5. The first-order valence-corrected chi connectivity index (χ1v) is 9.10. The number of fused-ring (bicyclic) bond motifs is 2. The Balaban J connectivity index is 1.52. The van der Waals surface area contributed by atoms with Gasteiger partial charge in [-0.2, -0.15) is 0 Å². The first-order valence-electron chi connectivity index (χ1n) is 8.73. The Labute approximate surface area is 162 Å². The van der Waals surface area contributed by atoms with E-state index in [0.29, 0.717) is 35.8 Å². The van der Waals surface area contributed by atoms with Crippen molar-refractivity contribution in [1.29, 1.82) is 0 Å².